The van der Waals surface area contributed by atoms with Crippen molar-refractivity contribution in [2.24, 2.45) is 0 Å². The summed E-state index contributed by atoms with van der Waals surface area (Å²) in [5, 5.41) is 12.2. The Hall–Kier alpha value is -2.10. The Labute approximate surface area is 119 Å². The molecular weight excluding hydrogens is 254 g/mol. The van der Waals surface area contributed by atoms with Crippen LogP contribution in [-0.4, -0.2) is 23.5 Å². The number of hydrogen-bond acceptors (Lipinski definition) is 2. The van der Waals surface area contributed by atoms with Crippen LogP contribution in [-0.2, 0) is 15.0 Å². The third-order valence-electron chi connectivity index (χ3n) is 3.21. The van der Waals surface area contributed by atoms with Gasteiger partial charge in [0.2, 0.25) is 5.91 Å². The third-order valence-corrected chi connectivity index (χ3v) is 3.21. The van der Waals surface area contributed by atoms with E-state index < -0.39 is 11.4 Å². The quantitative estimate of drug-likeness (QED) is 0.784. The SMILES string of the molecule is CC(C)=CCNC(=O)CC(C)(C(=O)O)c1ccccc1. The second-order valence-corrected chi connectivity index (χ2v) is 5.27. The molecule has 1 unspecified atom stereocenters. The number of allylic oxidation sites excluding steroid dienone is 1. The average molecular weight is 275 g/mol. The Bertz CT molecular complexity index is 504. The van der Waals surface area contributed by atoms with Crippen LogP contribution in [0.1, 0.15) is 32.8 Å². The summed E-state index contributed by atoms with van der Waals surface area (Å²) in [5.41, 5.74) is 0.523. The molecule has 0 saturated heterocycles. The van der Waals surface area contributed by atoms with Gasteiger partial charge in [0.1, 0.15) is 0 Å². The molecule has 0 aromatic heterocycles. The molecule has 1 amide bonds. The summed E-state index contributed by atoms with van der Waals surface area (Å²) in [6.45, 7) is 5.88. The van der Waals surface area contributed by atoms with Gasteiger partial charge in [-0.15, -0.1) is 0 Å². The predicted molar refractivity (Wildman–Crippen MR) is 78.5 cm³/mol. The fraction of sp³-hybridized carbons (Fsp3) is 0.375. The van der Waals surface area contributed by atoms with E-state index in [1.165, 1.54) is 0 Å². The monoisotopic (exact) mass is 275 g/mol. The van der Waals surface area contributed by atoms with Crippen molar-refractivity contribution in [3.05, 3.63) is 47.5 Å². The van der Waals surface area contributed by atoms with E-state index in [1.54, 1.807) is 31.2 Å². The van der Waals surface area contributed by atoms with Gasteiger partial charge in [0.05, 0.1) is 5.41 Å². The molecule has 0 bridgehead atoms. The van der Waals surface area contributed by atoms with Crippen LogP contribution in [0.15, 0.2) is 42.0 Å². The van der Waals surface area contributed by atoms with Crippen molar-refractivity contribution in [3.8, 4) is 0 Å². The zero-order valence-electron chi connectivity index (χ0n) is 12.1. The van der Waals surface area contributed by atoms with Crippen molar-refractivity contribution >= 4 is 11.9 Å². The number of nitrogens with one attached hydrogen (secondary N) is 1. The molecule has 108 valence electrons. The van der Waals surface area contributed by atoms with E-state index in [1.807, 2.05) is 26.0 Å². The second kappa shape index (κ2) is 6.89. The molecular formula is C16H21NO3. The first-order valence-corrected chi connectivity index (χ1v) is 6.55. The molecule has 0 aliphatic heterocycles. The Morgan fingerprint density at radius 3 is 2.35 bits per heavy atom. The van der Waals surface area contributed by atoms with E-state index >= 15 is 0 Å². The lowest BCUT2D eigenvalue weighted by molar-refractivity contribution is -0.145. The lowest BCUT2D eigenvalue weighted by atomic mass is 9.79. The van der Waals surface area contributed by atoms with Gasteiger partial charge in [0.15, 0.2) is 0 Å². The van der Waals surface area contributed by atoms with Crippen LogP contribution in [0.2, 0.25) is 0 Å². The van der Waals surface area contributed by atoms with E-state index in [-0.39, 0.29) is 12.3 Å². The maximum atomic E-state index is 11.9. The van der Waals surface area contributed by atoms with Crippen molar-refractivity contribution in [2.45, 2.75) is 32.6 Å². The minimum absolute atomic E-state index is 0.0804. The number of amides is 1. The number of carboxylic acids is 1. The highest BCUT2D eigenvalue weighted by Crippen LogP contribution is 2.27. The standard InChI is InChI=1S/C16H21NO3/c1-12(2)9-10-17-14(18)11-16(3,15(19)20)13-7-5-4-6-8-13/h4-9H,10-11H2,1-3H3,(H,17,18)(H,19,20). The first-order valence-electron chi connectivity index (χ1n) is 6.55. The second-order valence-electron chi connectivity index (χ2n) is 5.27. The lowest BCUT2D eigenvalue weighted by Gasteiger charge is -2.24. The number of carboxylic acid groups (broad SMARTS) is 1. The van der Waals surface area contributed by atoms with Crippen LogP contribution in [0, 0.1) is 0 Å². The molecule has 0 aliphatic rings. The van der Waals surface area contributed by atoms with Crippen LogP contribution in [0.5, 0.6) is 0 Å². The summed E-state index contributed by atoms with van der Waals surface area (Å²) in [6, 6.07) is 8.84. The maximum Gasteiger partial charge on any atom is 0.314 e. The summed E-state index contributed by atoms with van der Waals surface area (Å²) in [6.07, 6.45) is 1.81. The van der Waals surface area contributed by atoms with Crippen molar-refractivity contribution < 1.29 is 14.7 Å². The molecule has 4 nitrogen and oxygen atoms in total. The van der Waals surface area contributed by atoms with E-state index in [9.17, 15) is 14.7 Å². The zero-order chi connectivity index (χ0) is 15.2. The third kappa shape index (κ3) is 4.23. The number of benzene rings is 1. The Morgan fingerprint density at radius 1 is 1.25 bits per heavy atom. The van der Waals surface area contributed by atoms with E-state index in [0.29, 0.717) is 12.1 Å². The number of carbonyl (C=O) groups excluding carboxylic acids is 1. The summed E-state index contributed by atoms with van der Waals surface area (Å²) < 4.78 is 0. The van der Waals surface area contributed by atoms with E-state index in [4.69, 9.17) is 0 Å². The molecule has 0 heterocycles. The Balaban J connectivity index is 2.81. The molecule has 20 heavy (non-hydrogen) atoms. The molecule has 0 spiro atoms. The van der Waals surface area contributed by atoms with Crippen LogP contribution >= 0.6 is 0 Å². The van der Waals surface area contributed by atoms with Gasteiger partial charge in [-0.3, -0.25) is 9.59 Å². The summed E-state index contributed by atoms with van der Waals surface area (Å²) in [5.74, 6) is -1.27. The van der Waals surface area contributed by atoms with Gasteiger partial charge < -0.3 is 10.4 Å². The van der Waals surface area contributed by atoms with Gasteiger partial charge in [-0.25, -0.2) is 0 Å². The molecule has 0 radical (unpaired) electrons. The molecule has 4 heteroatoms. The number of rotatable bonds is 6. The molecule has 0 fully saturated rings. The van der Waals surface area contributed by atoms with Crippen molar-refractivity contribution in [1.29, 1.82) is 0 Å². The van der Waals surface area contributed by atoms with Gasteiger partial charge in [-0.2, -0.15) is 0 Å². The summed E-state index contributed by atoms with van der Waals surface area (Å²) >= 11 is 0. The predicted octanol–water partition coefficient (Wildman–Crippen LogP) is 2.50. The molecule has 0 saturated carbocycles. The smallest absolute Gasteiger partial charge is 0.314 e. The molecule has 2 N–H and O–H groups in total. The number of hydrogen-bond donors (Lipinski definition) is 2. The van der Waals surface area contributed by atoms with E-state index in [0.717, 1.165) is 5.57 Å². The minimum Gasteiger partial charge on any atom is -0.481 e. The van der Waals surface area contributed by atoms with Crippen LogP contribution < -0.4 is 5.32 Å². The molecule has 1 rings (SSSR count). The van der Waals surface area contributed by atoms with E-state index in [2.05, 4.69) is 5.32 Å². The van der Waals surface area contributed by atoms with Gasteiger partial charge in [0.25, 0.3) is 0 Å². The van der Waals surface area contributed by atoms with Gasteiger partial charge in [-0.05, 0) is 26.3 Å². The molecule has 1 aromatic carbocycles. The van der Waals surface area contributed by atoms with Crippen molar-refractivity contribution in [1.82, 2.24) is 5.32 Å². The van der Waals surface area contributed by atoms with Crippen LogP contribution in [0.3, 0.4) is 0 Å². The largest absolute Gasteiger partial charge is 0.481 e. The van der Waals surface area contributed by atoms with Gasteiger partial charge >= 0.3 is 5.97 Å². The first-order chi connectivity index (χ1) is 9.36. The number of carbonyl (C=O) groups is 2. The van der Waals surface area contributed by atoms with Gasteiger partial charge in [-0.1, -0.05) is 42.0 Å². The molecule has 1 atom stereocenters. The highest BCUT2D eigenvalue weighted by Gasteiger charge is 2.37. The minimum atomic E-state index is -1.21. The fourth-order valence-corrected chi connectivity index (χ4v) is 1.86. The Morgan fingerprint density at radius 2 is 1.85 bits per heavy atom. The topological polar surface area (TPSA) is 66.4 Å². The van der Waals surface area contributed by atoms with Crippen LogP contribution in [0.4, 0.5) is 0 Å². The highest BCUT2D eigenvalue weighted by molar-refractivity contribution is 5.89. The zero-order valence-corrected chi connectivity index (χ0v) is 12.1. The maximum absolute atomic E-state index is 11.9. The highest BCUT2D eigenvalue weighted by atomic mass is 16.4. The molecule has 1 aromatic rings. The average Bonchev–Trinajstić information content (AvgIpc) is 2.38. The first kappa shape index (κ1) is 16.0. The van der Waals surface area contributed by atoms with Crippen molar-refractivity contribution in [2.75, 3.05) is 6.54 Å². The summed E-state index contributed by atoms with van der Waals surface area (Å²) in [4.78, 5) is 23.5. The fourth-order valence-electron chi connectivity index (χ4n) is 1.86. The van der Waals surface area contributed by atoms with Gasteiger partial charge in [0, 0.05) is 13.0 Å². The summed E-state index contributed by atoms with van der Waals surface area (Å²) in [7, 11) is 0. The molecule has 0 aliphatic carbocycles. The lowest BCUT2D eigenvalue weighted by Crippen LogP contribution is -2.39. The van der Waals surface area contributed by atoms with Crippen LogP contribution in [0.25, 0.3) is 0 Å². The van der Waals surface area contributed by atoms with Crippen molar-refractivity contribution in [3.63, 3.8) is 0 Å². The normalized spacial score (nSPS) is 13.2. The number of aliphatic carboxylic acids is 1. The Kier molecular flexibility index (Phi) is 5.50.